The van der Waals surface area contributed by atoms with Gasteiger partial charge in [-0.25, -0.2) is 0 Å². The number of anilines is 2. The minimum Gasteiger partial charge on any atom is -0.493 e. The predicted molar refractivity (Wildman–Crippen MR) is 97.4 cm³/mol. The van der Waals surface area contributed by atoms with Crippen molar-refractivity contribution >= 4 is 33.6 Å². The molecule has 0 bridgehead atoms. The lowest BCUT2D eigenvalue weighted by atomic mass is 9.80. The maximum atomic E-state index is 9.62. The van der Waals surface area contributed by atoms with Crippen molar-refractivity contribution < 1.29 is 14.2 Å². The van der Waals surface area contributed by atoms with Crippen molar-refractivity contribution in [1.29, 1.82) is 10.7 Å². The van der Waals surface area contributed by atoms with Crippen LogP contribution < -0.4 is 25.7 Å². The largest absolute Gasteiger partial charge is 0.493 e. The van der Waals surface area contributed by atoms with E-state index in [1.54, 1.807) is 12.1 Å². The molecule has 26 heavy (non-hydrogen) atoms. The second-order valence-corrected chi connectivity index (χ2v) is 6.33. The third-order valence-corrected chi connectivity index (χ3v) is 4.63. The first kappa shape index (κ1) is 17.8. The van der Waals surface area contributed by atoms with Crippen molar-refractivity contribution in [2.75, 3.05) is 25.7 Å². The van der Waals surface area contributed by atoms with Crippen molar-refractivity contribution in [3.8, 4) is 23.4 Å². The van der Waals surface area contributed by atoms with Gasteiger partial charge < -0.3 is 25.7 Å². The van der Waals surface area contributed by atoms with Crippen molar-refractivity contribution in [2.24, 2.45) is 5.92 Å². The summed E-state index contributed by atoms with van der Waals surface area (Å²) < 4.78 is 16.7. The lowest BCUT2D eigenvalue weighted by molar-refractivity contribution is 0.352. The van der Waals surface area contributed by atoms with Crippen molar-refractivity contribution in [2.45, 2.75) is 5.92 Å². The molecule has 134 valence electrons. The van der Waals surface area contributed by atoms with Crippen molar-refractivity contribution in [3.05, 3.63) is 27.7 Å². The Hall–Kier alpha value is -3.06. The van der Waals surface area contributed by atoms with Gasteiger partial charge in [-0.05, 0) is 33.6 Å². The van der Waals surface area contributed by atoms with Crippen LogP contribution in [0.5, 0.6) is 17.4 Å². The van der Waals surface area contributed by atoms with Gasteiger partial charge in [0.2, 0.25) is 17.7 Å². The number of aromatic nitrogens is 2. The highest BCUT2D eigenvalue weighted by Gasteiger charge is 2.40. The van der Waals surface area contributed by atoms with E-state index in [-0.39, 0.29) is 23.5 Å². The Bertz CT molecular complexity index is 943. The number of nitrogen functional groups attached to an aromatic ring is 2. The molecule has 0 spiro atoms. The van der Waals surface area contributed by atoms with Crippen LogP contribution in [0.15, 0.2) is 16.6 Å². The lowest BCUT2D eigenvalue weighted by Gasteiger charge is -2.30. The van der Waals surface area contributed by atoms with Crippen LogP contribution in [0.25, 0.3) is 0 Å². The molecular weight excluding hydrogens is 404 g/mol. The lowest BCUT2D eigenvalue weighted by Crippen LogP contribution is -2.32. The van der Waals surface area contributed by atoms with Crippen LogP contribution in [0.2, 0.25) is 0 Å². The van der Waals surface area contributed by atoms with Crippen LogP contribution in [-0.2, 0) is 0 Å². The fraction of sp³-hybridized carbons (Fsp3) is 0.250. The number of nitrogens with one attached hydrogen (secondary N) is 1. The highest BCUT2D eigenvalue weighted by atomic mass is 79.9. The quantitative estimate of drug-likeness (QED) is 0.683. The number of hydrogen-bond acceptors (Lipinski definition) is 9. The zero-order valence-corrected chi connectivity index (χ0v) is 15.5. The Balaban J connectivity index is 2.28. The van der Waals surface area contributed by atoms with Gasteiger partial charge in [-0.2, -0.15) is 15.2 Å². The fourth-order valence-electron chi connectivity index (χ4n) is 2.95. The van der Waals surface area contributed by atoms with Gasteiger partial charge in [-0.1, -0.05) is 0 Å². The number of rotatable bonds is 3. The van der Waals surface area contributed by atoms with E-state index in [0.29, 0.717) is 27.1 Å². The highest BCUT2D eigenvalue weighted by molar-refractivity contribution is 9.10. The first-order chi connectivity index (χ1) is 12.4. The Labute approximate surface area is 157 Å². The number of methoxy groups -OCH3 is 2. The molecule has 0 aliphatic carbocycles. The molecule has 0 radical (unpaired) electrons. The van der Waals surface area contributed by atoms with E-state index in [1.807, 2.05) is 0 Å². The molecule has 1 aromatic heterocycles. The van der Waals surface area contributed by atoms with Gasteiger partial charge in [0.15, 0.2) is 11.5 Å². The van der Waals surface area contributed by atoms with Gasteiger partial charge in [-0.15, -0.1) is 0 Å². The molecule has 9 nitrogen and oxygen atoms in total. The number of nitrogens with zero attached hydrogens (tertiary/aromatic N) is 3. The van der Waals surface area contributed by atoms with Crippen LogP contribution >= 0.6 is 15.9 Å². The Kier molecular flexibility index (Phi) is 4.56. The molecule has 1 aliphatic rings. The summed E-state index contributed by atoms with van der Waals surface area (Å²) in [5.74, 6) is -0.727. The second-order valence-electron chi connectivity index (χ2n) is 5.47. The average Bonchev–Trinajstić information content (AvgIpc) is 2.59. The maximum absolute atomic E-state index is 9.62. The van der Waals surface area contributed by atoms with Gasteiger partial charge in [0, 0.05) is 5.92 Å². The zero-order chi connectivity index (χ0) is 19.0. The molecule has 3 rings (SSSR count). The SMILES string of the molecule is COc1cc(C2c3c(N)nc(N)nc3OC(=N)C2C#N)cc(Br)c1OC. The zero-order valence-electron chi connectivity index (χ0n) is 13.9. The predicted octanol–water partition coefficient (Wildman–Crippen LogP) is 2.06. The van der Waals surface area contributed by atoms with Gasteiger partial charge >= 0.3 is 0 Å². The summed E-state index contributed by atoms with van der Waals surface area (Å²) >= 11 is 3.44. The van der Waals surface area contributed by atoms with Crippen LogP contribution in [0.1, 0.15) is 17.0 Å². The summed E-state index contributed by atoms with van der Waals surface area (Å²) in [5, 5.41) is 17.7. The van der Waals surface area contributed by atoms with E-state index >= 15 is 0 Å². The Morgan fingerprint density at radius 1 is 1.27 bits per heavy atom. The second kappa shape index (κ2) is 6.68. The number of nitrogens with two attached hydrogens (primary N) is 2. The van der Waals surface area contributed by atoms with E-state index in [2.05, 4.69) is 32.0 Å². The normalized spacial score (nSPS) is 18.5. The fourth-order valence-corrected chi connectivity index (χ4v) is 3.57. The number of nitriles is 1. The average molecular weight is 419 g/mol. The standard InChI is InChI=1S/C16H15BrN6O3/c1-24-9-4-6(3-8(17)12(9)25-2)10-7(5-18)14(20)26-15-11(10)13(19)22-16(21)23-15/h3-4,7,10,20H,1-2H3,(H4,19,21,22,23). The van der Waals surface area contributed by atoms with Gasteiger partial charge in [0.25, 0.3) is 0 Å². The number of ether oxygens (including phenoxy) is 3. The number of fused-ring (bicyclic) bond motifs is 1. The summed E-state index contributed by atoms with van der Waals surface area (Å²) in [5.41, 5.74) is 12.7. The topological polar surface area (TPSA) is 153 Å². The molecule has 0 fully saturated rings. The summed E-state index contributed by atoms with van der Waals surface area (Å²) in [6.07, 6.45) is 0. The molecule has 2 heterocycles. The Morgan fingerprint density at radius 2 is 2.00 bits per heavy atom. The van der Waals surface area contributed by atoms with E-state index in [4.69, 9.17) is 31.1 Å². The maximum Gasteiger partial charge on any atom is 0.231 e. The van der Waals surface area contributed by atoms with Crippen molar-refractivity contribution in [3.63, 3.8) is 0 Å². The first-order valence-electron chi connectivity index (χ1n) is 7.41. The minimum absolute atomic E-state index is 0.0717. The smallest absolute Gasteiger partial charge is 0.231 e. The van der Waals surface area contributed by atoms with Gasteiger partial charge in [0.1, 0.15) is 11.7 Å². The van der Waals surface area contributed by atoms with E-state index in [1.165, 1.54) is 14.2 Å². The van der Waals surface area contributed by atoms with Gasteiger partial charge in [-0.3, -0.25) is 5.41 Å². The third kappa shape index (κ3) is 2.76. The van der Waals surface area contributed by atoms with Gasteiger partial charge in [0.05, 0.1) is 30.3 Å². The number of halogens is 1. The van der Waals surface area contributed by atoms with Crippen LogP contribution in [0.3, 0.4) is 0 Å². The highest BCUT2D eigenvalue weighted by Crippen LogP contribution is 2.47. The number of hydrogen-bond donors (Lipinski definition) is 3. The third-order valence-electron chi connectivity index (χ3n) is 4.04. The summed E-state index contributed by atoms with van der Waals surface area (Å²) in [7, 11) is 3.03. The molecule has 10 heteroatoms. The summed E-state index contributed by atoms with van der Waals surface area (Å²) in [6, 6.07) is 5.58. The van der Waals surface area contributed by atoms with E-state index < -0.39 is 11.8 Å². The van der Waals surface area contributed by atoms with Crippen LogP contribution in [-0.4, -0.2) is 30.1 Å². The molecule has 0 saturated heterocycles. The molecule has 1 aromatic carbocycles. The molecule has 0 saturated carbocycles. The Morgan fingerprint density at radius 3 is 2.62 bits per heavy atom. The minimum atomic E-state index is -0.915. The van der Waals surface area contributed by atoms with Crippen molar-refractivity contribution in [1.82, 2.24) is 9.97 Å². The molecule has 0 amide bonds. The number of benzene rings is 1. The van der Waals surface area contributed by atoms with E-state index in [0.717, 1.165) is 0 Å². The monoisotopic (exact) mass is 418 g/mol. The molecule has 2 aromatic rings. The molecule has 1 aliphatic heterocycles. The van der Waals surface area contributed by atoms with Crippen LogP contribution in [0, 0.1) is 22.7 Å². The summed E-state index contributed by atoms with van der Waals surface area (Å²) in [6.45, 7) is 0. The first-order valence-corrected chi connectivity index (χ1v) is 8.20. The molecule has 2 atom stereocenters. The summed E-state index contributed by atoms with van der Waals surface area (Å²) in [4.78, 5) is 7.99. The van der Waals surface area contributed by atoms with Crippen LogP contribution in [0.4, 0.5) is 11.8 Å². The molecule has 2 unspecified atom stereocenters. The molecule has 5 N–H and O–H groups in total. The molecular formula is C16H15BrN6O3. The van der Waals surface area contributed by atoms with E-state index in [9.17, 15) is 5.26 Å².